The number of hydrogen-bond acceptors (Lipinski definition) is 3. The molecule has 10 heteroatoms. The zero-order chi connectivity index (χ0) is 16.6. The quantitative estimate of drug-likeness (QED) is 0.684. The molecule has 3 nitrogen and oxygen atoms in total. The van der Waals surface area contributed by atoms with Gasteiger partial charge in [0.2, 0.25) is 0 Å². The largest absolute Gasteiger partial charge is 0.496 e. The summed E-state index contributed by atoms with van der Waals surface area (Å²) in [4.78, 5) is 0. The van der Waals surface area contributed by atoms with Crippen molar-refractivity contribution >= 4 is 5.69 Å². The number of nitrogens with two attached hydrogens (primary N) is 1. The summed E-state index contributed by atoms with van der Waals surface area (Å²) >= 11 is 0. The summed E-state index contributed by atoms with van der Waals surface area (Å²) in [6.45, 7) is 0. The van der Waals surface area contributed by atoms with Gasteiger partial charge < -0.3 is 15.2 Å². The minimum atomic E-state index is -6.25. The maximum absolute atomic E-state index is 14.0. The molecule has 0 spiro atoms. The molecular formula is C11H10F7NO2. The van der Waals surface area contributed by atoms with Gasteiger partial charge in [0.25, 0.3) is 0 Å². The van der Waals surface area contributed by atoms with Gasteiger partial charge in [-0.3, -0.25) is 0 Å². The Morgan fingerprint density at radius 3 is 1.57 bits per heavy atom. The highest BCUT2D eigenvalue weighted by Crippen LogP contribution is 2.56. The predicted molar refractivity (Wildman–Crippen MR) is 58.9 cm³/mol. The van der Waals surface area contributed by atoms with Crippen molar-refractivity contribution in [3.63, 3.8) is 0 Å². The topological polar surface area (TPSA) is 44.5 Å². The molecule has 0 amide bonds. The van der Waals surface area contributed by atoms with Crippen LogP contribution in [0.5, 0.6) is 11.5 Å². The van der Waals surface area contributed by atoms with Crippen LogP contribution in [0.4, 0.5) is 36.4 Å². The number of hydrogen-bond donors (Lipinski definition) is 1. The smallest absolute Gasteiger partial charge is 0.436 e. The van der Waals surface area contributed by atoms with Crippen LogP contribution in [0.15, 0.2) is 12.1 Å². The van der Waals surface area contributed by atoms with Crippen molar-refractivity contribution in [2.45, 2.75) is 18.0 Å². The molecule has 0 aromatic heterocycles. The fourth-order valence-corrected chi connectivity index (χ4v) is 1.66. The second kappa shape index (κ2) is 5.15. The first kappa shape index (κ1) is 17.2. The van der Waals surface area contributed by atoms with Gasteiger partial charge in [0.05, 0.1) is 25.5 Å². The molecule has 0 radical (unpaired) electrons. The fraction of sp³-hybridized carbons (Fsp3) is 0.455. The highest BCUT2D eigenvalue weighted by atomic mass is 19.4. The molecule has 0 saturated carbocycles. The molecule has 0 aliphatic carbocycles. The molecule has 1 aromatic rings. The molecule has 1 rings (SSSR count). The summed E-state index contributed by atoms with van der Waals surface area (Å²) in [6.07, 6.45) is -12.5. The Bertz CT molecular complexity index is 511. The molecule has 1 aromatic carbocycles. The summed E-state index contributed by atoms with van der Waals surface area (Å²) in [6, 6.07) is 0.842. The Kier molecular flexibility index (Phi) is 4.22. The minimum absolute atomic E-state index is 0.217. The number of anilines is 1. The van der Waals surface area contributed by atoms with Gasteiger partial charge in [-0.05, 0) is 6.07 Å². The number of alkyl halides is 7. The van der Waals surface area contributed by atoms with Gasteiger partial charge in [-0.15, -0.1) is 0 Å². The van der Waals surface area contributed by atoms with Crippen LogP contribution in [0.2, 0.25) is 0 Å². The second-order valence-electron chi connectivity index (χ2n) is 3.95. The van der Waals surface area contributed by atoms with Gasteiger partial charge in [0, 0.05) is 6.07 Å². The Morgan fingerprint density at radius 1 is 0.810 bits per heavy atom. The van der Waals surface area contributed by atoms with Gasteiger partial charge in [0.1, 0.15) is 11.5 Å². The molecule has 0 aliphatic heterocycles. The van der Waals surface area contributed by atoms with Crippen LogP contribution in [0.3, 0.4) is 0 Å². The van der Waals surface area contributed by atoms with E-state index in [1.165, 1.54) is 0 Å². The highest BCUT2D eigenvalue weighted by Gasteiger charge is 2.74. The van der Waals surface area contributed by atoms with Gasteiger partial charge in [-0.2, -0.15) is 26.3 Å². The van der Waals surface area contributed by atoms with Crippen LogP contribution in [0, 0.1) is 0 Å². The number of benzene rings is 1. The second-order valence-corrected chi connectivity index (χ2v) is 3.95. The van der Waals surface area contributed by atoms with Gasteiger partial charge in [-0.1, -0.05) is 0 Å². The van der Waals surface area contributed by atoms with Crippen molar-refractivity contribution in [1.29, 1.82) is 0 Å². The molecule has 0 fully saturated rings. The van der Waals surface area contributed by atoms with Crippen molar-refractivity contribution < 1.29 is 40.2 Å². The molecule has 0 aliphatic rings. The third-order valence-corrected chi connectivity index (χ3v) is 2.70. The molecule has 120 valence electrons. The Morgan fingerprint density at radius 2 is 1.24 bits per heavy atom. The SMILES string of the molecule is COc1cc(C(F)(C(F)(F)F)C(F)(F)F)c(OC)cc1N. The van der Waals surface area contributed by atoms with Crippen LogP contribution < -0.4 is 15.2 Å². The molecule has 21 heavy (non-hydrogen) atoms. The number of halogens is 7. The molecule has 0 saturated heterocycles. The Labute approximate surface area is 114 Å². The summed E-state index contributed by atoms with van der Waals surface area (Å²) in [5, 5.41) is 0. The first-order valence-corrected chi connectivity index (χ1v) is 5.24. The van der Waals surface area contributed by atoms with E-state index in [9.17, 15) is 30.7 Å². The zero-order valence-electron chi connectivity index (χ0n) is 10.7. The Hall–Kier alpha value is -1.87. The normalized spacial score (nSPS) is 13.2. The van der Waals surface area contributed by atoms with Crippen LogP contribution in [0.1, 0.15) is 5.56 Å². The van der Waals surface area contributed by atoms with E-state index in [0.717, 1.165) is 14.2 Å². The monoisotopic (exact) mass is 321 g/mol. The van der Waals surface area contributed by atoms with Crippen LogP contribution in [-0.4, -0.2) is 26.6 Å². The predicted octanol–water partition coefficient (Wildman–Crippen LogP) is 3.58. The van der Waals surface area contributed by atoms with Gasteiger partial charge in [-0.25, -0.2) is 4.39 Å². The lowest BCUT2D eigenvalue weighted by molar-refractivity contribution is -0.349. The van der Waals surface area contributed by atoms with E-state index in [1.807, 2.05) is 0 Å². The van der Waals surface area contributed by atoms with Crippen LogP contribution in [-0.2, 0) is 5.67 Å². The molecule has 0 bridgehead atoms. The zero-order valence-corrected chi connectivity index (χ0v) is 10.7. The third kappa shape index (κ3) is 2.66. The van der Waals surface area contributed by atoms with Crippen molar-refractivity contribution in [3.8, 4) is 11.5 Å². The molecule has 0 unspecified atom stereocenters. The number of nitrogen functional groups attached to an aromatic ring is 1. The lowest BCUT2D eigenvalue weighted by atomic mass is 9.92. The van der Waals surface area contributed by atoms with E-state index in [-0.39, 0.29) is 11.8 Å². The number of methoxy groups -OCH3 is 2. The van der Waals surface area contributed by atoms with E-state index in [4.69, 9.17) is 5.73 Å². The van der Waals surface area contributed by atoms with Gasteiger partial charge in [0.15, 0.2) is 0 Å². The van der Waals surface area contributed by atoms with E-state index in [2.05, 4.69) is 9.47 Å². The third-order valence-electron chi connectivity index (χ3n) is 2.70. The van der Waals surface area contributed by atoms with E-state index in [0.29, 0.717) is 6.07 Å². The van der Waals surface area contributed by atoms with Crippen LogP contribution in [0.25, 0.3) is 0 Å². The summed E-state index contributed by atoms with van der Waals surface area (Å²) < 4.78 is 99.2. The van der Waals surface area contributed by atoms with Crippen molar-refractivity contribution in [2.75, 3.05) is 20.0 Å². The summed E-state index contributed by atoms with van der Waals surface area (Å²) in [7, 11) is 1.75. The standard InChI is InChI=1S/C11H10F7NO2/c1-20-7-4-6(19)8(21-2)3-5(7)9(12,10(13,14)15)11(16,17)18/h3-4H,19H2,1-2H3. The average molecular weight is 321 g/mol. The lowest BCUT2D eigenvalue weighted by Gasteiger charge is -2.31. The van der Waals surface area contributed by atoms with Crippen molar-refractivity contribution in [1.82, 2.24) is 0 Å². The molecule has 2 N–H and O–H groups in total. The molecular weight excluding hydrogens is 311 g/mol. The fourth-order valence-electron chi connectivity index (χ4n) is 1.66. The lowest BCUT2D eigenvalue weighted by Crippen LogP contribution is -2.50. The summed E-state index contributed by atoms with van der Waals surface area (Å²) in [5.41, 5.74) is -2.35. The number of ether oxygens (including phenoxy) is 2. The molecule has 0 atom stereocenters. The van der Waals surface area contributed by atoms with Crippen molar-refractivity contribution in [2.24, 2.45) is 0 Å². The summed E-state index contributed by atoms with van der Waals surface area (Å²) in [5.74, 6) is -1.54. The van der Waals surface area contributed by atoms with Crippen molar-refractivity contribution in [3.05, 3.63) is 17.7 Å². The average Bonchev–Trinajstić information content (AvgIpc) is 2.34. The first-order valence-electron chi connectivity index (χ1n) is 5.24. The number of rotatable bonds is 3. The van der Waals surface area contributed by atoms with E-state index < -0.39 is 35.1 Å². The first-order chi connectivity index (χ1) is 9.40. The van der Waals surface area contributed by atoms with E-state index >= 15 is 0 Å². The highest BCUT2D eigenvalue weighted by molar-refractivity contribution is 5.61. The van der Waals surface area contributed by atoms with Gasteiger partial charge >= 0.3 is 18.0 Å². The maximum atomic E-state index is 14.0. The minimum Gasteiger partial charge on any atom is -0.496 e. The molecule has 0 heterocycles. The van der Waals surface area contributed by atoms with Crippen LogP contribution >= 0.6 is 0 Å². The maximum Gasteiger partial charge on any atom is 0.436 e. The Balaban J connectivity index is 3.75. The van der Waals surface area contributed by atoms with E-state index in [1.54, 1.807) is 0 Å².